The number of rotatable bonds is 4. The second kappa shape index (κ2) is 86.8. The molecule has 4 aliphatic heterocycles. The number of aromatic nitrogens is 3. The fraction of sp³-hybridized carbons (Fsp3) is 0.694. The van der Waals surface area contributed by atoms with Crippen molar-refractivity contribution in [2.45, 2.75) is 182 Å². The van der Waals surface area contributed by atoms with Gasteiger partial charge in [-0.05, 0) is 165 Å². The number of allylic oxidation sites excluding steroid dienone is 1. The van der Waals surface area contributed by atoms with E-state index in [0.29, 0.717) is 0 Å². The molecule has 492 valence electrons. The number of aryl methyl sites for hydroxylation is 3. The molecule has 2 aromatic heterocycles. The fourth-order valence-corrected chi connectivity index (χ4v) is 5.95. The van der Waals surface area contributed by atoms with Crippen LogP contribution in [-0.4, -0.2) is 193 Å². The highest BCUT2D eigenvalue weighted by atomic mass is 16.5. The summed E-state index contributed by atoms with van der Waals surface area (Å²) in [6, 6.07) is 24.5. The maximum atomic E-state index is 5.10. The first-order valence-corrected chi connectivity index (χ1v) is 32.1. The number of imidazole rings is 1. The Kier molecular flexibility index (Phi) is 103. The van der Waals surface area contributed by atoms with Gasteiger partial charge in [0, 0.05) is 90.9 Å². The molecule has 0 amide bonds. The number of hydrogen-bond acceptors (Lipinski definition) is 10. The van der Waals surface area contributed by atoms with Crippen molar-refractivity contribution in [1.82, 2.24) is 43.9 Å². The van der Waals surface area contributed by atoms with Crippen molar-refractivity contribution in [2.75, 3.05) is 154 Å². The SMILES string of the molecule is C.C=CC.CC.CC.CC.CCC.CCC.CCCC.CCCN(C)C.CN(C)c1ccccc1.CN1CCCC1.CN1CCCCC1.CN1CCN(C)CC1.CN1CCOCC1.Cc1ccccc1.Cc1ccncc1.Cn1ccnc1. The van der Waals surface area contributed by atoms with E-state index in [0.717, 1.165) is 26.3 Å². The molecular weight excluding hydrogens is 1020 g/mol. The van der Waals surface area contributed by atoms with E-state index in [1.807, 2.05) is 136 Å². The van der Waals surface area contributed by atoms with E-state index in [1.54, 1.807) is 31.0 Å². The first-order valence-electron chi connectivity index (χ1n) is 32.1. The highest BCUT2D eigenvalue weighted by molar-refractivity contribution is 5.43. The Bertz CT molecular complexity index is 1500. The summed E-state index contributed by atoms with van der Waals surface area (Å²) in [5, 5.41) is 0. The van der Waals surface area contributed by atoms with Crippen LogP contribution in [0.4, 0.5) is 5.69 Å². The third-order valence-corrected chi connectivity index (χ3v) is 10.7. The van der Waals surface area contributed by atoms with Gasteiger partial charge in [0.2, 0.25) is 0 Å². The van der Waals surface area contributed by atoms with Crippen LogP contribution in [0.1, 0.15) is 180 Å². The number of piperazine rings is 1. The lowest BCUT2D eigenvalue weighted by Crippen LogP contribution is -2.42. The molecule has 0 radical (unpaired) electrons. The maximum Gasteiger partial charge on any atom is 0.0943 e. The van der Waals surface area contributed by atoms with E-state index in [2.05, 4.69) is 180 Å². The third-order valence-electron chi connectivity index (χ3n) is 10.7. The number of anilines is 1. The molecule has 0 saturated carbocycles. The summed E-state index contributed by atoms with van der Waals surface area (Å²) in [6.45, 7) is 51.9. The molecule has 83 heavy (non-hydrogen) atoms. The van der Waals surface area contributed by atoms with Gasteiger partial charge >= 0.3 is 0 Å². The molecule has 0 spiro atoms. The van der Waals surface area contributed by atoms with Crippen molar-refractivity contribution in [3.63, 3.8) is 0 Å². The van der Waals surface area contributed by atoms with Crippen molar-refractivity contribution < 1.29 is 4.74 Å². The normalized spacial score (nSPS) is 13.6. The van der Waals surface area contributed by atoms with Gasteiger partial charge in [-0.15, -0.1) is 6.58 Å². The molecule has 4 saturated heterocycles. The monoisotopic (exact) mass is 1170 g/mol. The number of likely N-dealkylation sites (N-methyl/N-ethyl adjacent to an activating group) is 3. The number of piperidine rings is 1. The van der Waals surface area contributed by atoms with Crippen molar-refractivity contribution in [1.29, 1.82) is 0 Å². The number of likely N-dealkylation sites (tertiary alicyclic amines) is 2. The minimum absolute atomic E-state index is 0. The number of benzene rings is 2. The summed E-state index contributed by atoms with van der Waals surface area (Å²) in [6.07, 6.45) is 24.2. The largest absolute Gasteiger partial charge is 0.379 e. The van der Waals surface area contributed by atoms with Gasteiger partial charge in [0.25, 0.3) is 0 Å². The van der Waals surface area contributed by atoms with Crippen molar-refractivity contribution in [2.24, 2.45) is 7.05 Å². The average molecular weight is 1170 g/mol. The van der Waals surface area contributed by atoms with Crippen LogP contribution < -0.4 is 4.90 Å². The molecule has 11 heteroatoms. The first kappa shape index (κ1) is 98.1. The van der Waals surface area contributed by atoms with Crippen molar-refractivity contribution in [3.8, 4) is 0 Å². The number of nitrogens with zero attached hydrogens (tertiary/aromatic N) is 10. The molecule has 8 rings (SSSR count). The molecule has 0 unspecified atom stereocenters. The zero-order chi connectivity index (χ0) is 64.5. The van der Waals surface area contributed by atoms with E-state index in [4.69, 9.17) is 4.74 Å². The summed E-state index contributed by atoms with van der Waals surface area (Å²) in [4.78, 5) is 23.6. The molecule has 0 atom stereocenters. The number of hydrogen-bond donors (Lipinski definition) is 0. The first-order chi connectivity index (χ1) is 39.4. The Balaban J connectivity index is -0.000000102. The summed E-state index contributed by atoms with van der Waals surface area (Å²) < 4.78 is 6.99. The van der Waals surface area contributed by atoms with Gasteiger partial charge in [0.05, 0.1) is 19.5 Å². The second-order valence-corrected chi connectivity index (χ2v) is 20.2. The zero-order valence-corrected chi connectivity index (χ0v) is 59.7. The molecule has 4 aromatic rings. The lowest BCUT2D eigenvalue weighted by atomic mass is 10.1. The Labute approximate surface area is 522 Å². The smallest absolute Gasteiger partial charge is 0.0943 e. The topological polar surface area (TPSA) is 62.6 Å². The van der Waals surface area contributed by atoms with Gasteiger partial charge in [-0.1, -0.05) is 190 Å². The zero-order valence-electron chi connectivity index (χ0n) is 59.7. The van der Waals surface area contributed by atoms with Crippen LogP contribution in [0.25, 0.3) is 0 Å². The summed E-state index contributed by atoms with van der Waals surface area (Å²) in [5.74, 6) is 0. The van der Waals surface area contributed by atoms with E-state index in [1.165, 1.54) is 140 Å². The van der Waals surface area contributed by atoms with E-state index in [-0.39, 0.29) is 7.43 Å². The van der Waals surface area contributed by atoms with Gasteiger partial charge in [0.15, 0.2) is 0 Å². The standard InChI is InChI=1S/C8H11N.C7H8.C6H14N2.C6H7N.C6H13N.C5H11NO.C5H11N.C5H13N.C4H6N2.C4H10.2C3H8.C3H6.3C2H6.CH4/c1-9(2)8-6-4-3-5-7-8;1-7-5-3-2-4-6-7;1-7-3-5-8(2)6-4-7;1-6-2-4-7-5-3-6;1-7-5-3-2-4-6-7;1-6-2-4-7-5-3-6;1-6-4-2-3-5-6;1-4-5-6(2)3;1-6-3-2-5-4-6;1-3-4-2;3*1-3-2;3*1-2;/h3-7H,1-2H3;2-6H,1H3;3-6H2,1-2H3;2-5H,1H3;2-6H2,1H3;2-5H2,1H3;2-5H2,1H3;4-5H2,1-3H3;2-4H,1H3;3-4H2,1-2H3;2*3H2,1-2H3;3H,1H2,2H3;3*1-2H3;1H4. The predicted molar refractivity (Wildman–Crippen MR) is 384 cm³/mol. The van der Waals surface area contributed by atoms with Crippen molar-refractivity contribution in [3.05, 3.63) is 128 Å². The molecule has 11 nitrogen and oxygen atoms in total. The molecule has 4 fully saturated rings. The van der Waals surface area contributed by atoms with E-state index >= 15 is 0 Å². The molecule has 4 aliphatic rings. The van der Waals surface area contributed by atoms with Gasteiger partial charge in [-0.2, -0.15) is 0 Å². The number of para-hydroxylation sites is 1. The number of ether oxygens (including phenoxy) is 1. The Morgan fingerprint density at radius 3 is 0.952 bits per heavy atom. The van der Waals surface area contributed by atoms with Crippen LogP contribution >= 0.6 is 0 Å². The summed E-state index contributed by atoms with van der Waals surface area (Å²) in [5.41, 5.74) is 3.83. The molecule has 0 N–H and O–H groups in total. The lowest BCUT2D eigenvalue weighted by molar-refractivity contribution is 0.0503. The average Bonchev–Trinajstić information content (AvgIpc) is 4.19. The van der Waals surface area contributed by atoms with Crippen LogP contribution in [0.15, 0.2) is 117 Å². The van der Waals surface area contributed by atoms with E-state index < -0.39 is 0 Å². The molecule has 0 bridgehead atoms. The second-order valence-electron chi connectivity index (χ2n) is 20.2. The van der Waals surface area contributed by atoms with Crippen molar-refractivity contribution >= 4 is 5.69 Å². The molecule has 2 aromatic carbocycles. The summed E-state index contributed by atoms with van der Waals surface area (Å²) >= 11 is 0. The Morgan fingerprint density at radius 1 is 0.470 bits per heavy atom. The Hall–Kier alpha value is -3.94. The number of pyridine rings is 1. The minimum atomic E-state index is 0. The van der Waals surface area contributed by atoms with Gasteiger partial charge in [-0.25, -0.2) is 4.98 Å². The third kappa shape index (κ3) is 97.5. The number of unbranched alkanes of at least 4 members (excludes halogenated alkanes) is 1. The van der Waals surface area contributed by atoms with Gasteiger partial charge in [0.1, 0.15) is 0 Å². The van der Waals surface area contributed by atoms with E-state index in [9.17, 15) is 0 Å². The summed E-state index contributed by atoms with van der Waals surface area (Å²) in [7, 11) is 21.0. The molecule has 0 aliphatic carbocycles. The van der Waals surface area contributed by atoms with Gasteiger partial charge in [-0.3, -0.25) is 4.98 Å². The highest BCUT2D eigenvalue weighted by Crippen LogP contribution is 2.07. The predicted octanol–water partition coefficient (Wildman–Crippen LogP) is 17.7. The fourth-order valence-electron chi connectivity index (χ4n) is 5.95. The van der Waals surface area contributed by atoms with Crippen LogP contribution in [0.5, 0.6) is 0 Å². The quantitative estimate of drug-likeness (QED) is 0.185. The van der Waals surface area contributed by atoms with Gasteiger partial charge < -0.3 is 43.6 Å². The minimum Gasteiger partial charge on any atom is -0.379 e. The van der Waals surface area contributed by atoms with Crippen LogP contribution in [0.2, 0.25) is 0 Å². The van der Waals surface area contributed by atoms with Crippen LogP contribution in [0, 0.1) is 13.8 Å². The van der Waals surface area contributed by atoms with Crippen LogP contribution in [0.3, 0.4) is 0 Å². The lowest BCUT2D eigenvalue weighted by Gasteiger charge is -2.28. The molecule has 6 heterocycles. The number of morpholine rings is 1. The highest BCUT2D eigenvalue weighted by Gasteiger charge is 2.08. The van der Waals surface area contributed by atoms with Crippen LogP contribution in [-0.2, 0) is 11.8 Å². The Morgan fingerprint density at radius 2 is 0.795 bits per heavy atom. The maximum absolute atomic E-state index is 5.10. The molecular formula is C72H148N10O.